The van der Waals surface area contributed by atoms with Crippen LogP contribution in [0, 0.1) is 17.3 Å². The van der Waals surface area contributed by atoms with E-state index < -0.39 is 6.10 Å². The number of hydrogen-bond acceptors (Lipinski definition) is 3. The van der Waals surface area contributed by atoms with Gasteiger partial charge in [0.25, 0.3) is 0 Å². The quantitative estimate of drug-likeness (QED) is 0.907. The summed E-state index contributed by atoms with van der Waals surface area (Å²) < 4.78 is 1.88. The van der Waals surface area contributed by atoms with Crippen molar-refractivity contribution >= 4 is 5.91 Å². The third-order valence-corrected chi connectivity index (χ3v) is 5.75. The van der Waals surface area contributed by atoms with Crippen LogP contribution in [0.5, 0.6) is 0 Å². The van der Waals surface area contributed by atoms with E-state index in [4.69, 9.17) is 0 Å². The lowest BCUT2D eigenvalue weighted by molar-refractivity contribution is -0.135. The average molecular weight is 319 g/mol. The predicted molar refractivity (Wildman–Crippen MR) is 88.6 cm³/mol. The third kappa shape index (κ3) is 3.60. The largest absolute Gasteiger partial charge is 0.385 e. The van der Waals surface area contributed by atoms with Crippen LogP contribution in [0.1, 0.15) is 57.9 Å². The highest BCUT2D eigenvalue weighted by Gasteiger charge is 2.40. The van der Waals surface area contributed by atoms with Crippen molar-refractivity contribution in [2.24, 2.45) is 24.3 Å². The summed E-state index contributed by atoms with van der Waals surface area (Å²) in [5.74, 6) is 1.93. The molecule has 2 aliphatic rings. The number of carbonyl (C=O) groups excluding carboxylic acids is 1. The summed E-state index contributed by atoms with van der Waals surface area (Å²) in [4.78, 5) is 18.8. The summed E-state index contributed by atoms with van der Waals surface area (Å²) in [6.07, 6.45) is 7.96. The second kappa shape index (κ2) is 6.27. The summed E-state index contributed by atoms with van der Waals surface area (Å²) in [6.45, 7) is 5.96. The van der Waals surface area contributed by atoms with Gasteiger partial charge in [-0.25, -0.2) is 4.98 Å². The van der Waals surface area contributed by atoms with Crippen molar-refractivity contribution in [3.63, 3.8) is 0 Å². The molecule has 5 heteroatoms. The Morgan fingerprint density at radius 2 is 2.00 bits per heavy atom. The molecule has 1 aliphatic heterocycles. The molecule has 0 bridgehead atoms. The van der Waals surface area contributed by atoms with Crippen molar-refractivity contribution in [3.8, 4) is 0 Å². The number of aliphatic hydroxyl groups excluding tert-OH is 1. The number of likely N-dealkylation sites (tertiary alicyclic amines) is 1. The van der Waals surface area contributed by atoms with Crippen LogP contribution in [0.3, 0.4) is 0 Å². The number of rotatable bonds is 5. The Morgan fingerprint density at radius 1 is 1.35 bits per heavy atom. The fourth-order valence-electron chi connectivity index (χ4n) is 3.85. The second-order valence-corrected chi connectivity index (χ2v) is 8.00. The fourth-order valence-corrected chi connectivity index (χ4v) is 3.85. The first kappa shape index (κ1) is 16.5. The van der Waals surface area contributed by atoms with Crippen LogP contribution < -0.4 is 0 Å². The third-order valence-electron chi connectivity index (χ3n) is 5.75. The van der Waals surface area contributed by atoms with E-state index in [9.17, 15) is 9.90 Å². The SMILES string of the molecule is Cn1ccnc1C(O)C1CCN(C(=O)CC(C)(C)C2CC2)CC1. The number of aryl methyl sites for hydroxylation is 1. The van der Waals surface area contributed by atoms with Crippen LogP contribution in [0.15, 0.2) is 12.4 Å². The molecule has 2 fully saturated rings. The molecule has 5 nitrogen and oxygen atoms in total. The lowest BCUT2D eigenvalue weighted by Gasteiger charge is -2.36. The van der Waals surface area contributed by atoms with Crippen LogP contribution in [0.2, 0.25) is 0 Å². The van der Waals surface area contributed by atoms with Gasteiger partial charge in [0.05, 0.1) is 0 Å². The zero-order valence-electron chi connectivity index (χ0n) is 14.5. The zero-order chi connectivity index (χ0) is 16.6. The Kier molecular flexibility index (Phi) is 4.50. The van der Waals surface area contributed by atoms with E-state index >= 15 is 0 Å². The van der Waals surface area contributed by atoms with E-state index in [1.807, 2.05) is 22.7 Å². The minimum atomic E-state index is -0.532. The van der Waals surface area contributed by atoms with Crippen LogP contribution in [-0.2, 0) is 11.8 Å². The molecule has 0 aromatic carbocycles. The normalized spacial score (nSPS) is 21.5. The number of piperidine rings is 1. The molecule has 1 saturated carbocycles. The molecule has 1 amide bonds. The average Bonchev–Trinajstić information content (AvgIpc) is 3.30. The van der Waals surface area contributed by atoms with Gasteiger partial charge in [0, 0.05) is 39.0 Å². The lowest BCUT2D eigenvalue weighted by atomic mass is 9.83. The minimum absolute atomic E-state index is 0.139. The zero-order valence-corrected chi connectivity index (χ0v) is 14.5. The highest BCUT2D eigenvalue weighted by molar-refractivity contribution is 5.77. The Bertz CT molecular complexity index is 554. The summed E-state index contributed by atoms with van der Waals surface area (Å²) >= 11 is 0. The van der Waals surface area contributed by atoms with Crippen molar-refractivity contribution in [3.05, 3.63) is 18.2 Å². The standard InChI is InChI=1S/C18H29N3O2/c1-18(2,14-4-5-14)12-15(22)21-9-6-13(7-10-21)16(23)17-19-8-11-20(17)3/h8,11,13-14,16,23H,4-7,9-10,12H2,1-3H3. The Labute approximate surface area is 138 Å². The van der Waals surface area contributed by atoms with Gasteiger partial charge in [-0.1, -0.05) is 13.8 Å². The molecule has 1 atom stereocenters. The molecule has 1 aromatic heterocycles. The molecule has 1 N–H and O–H groups in total. The Balaban J connectivity index is 1.52. The van der Waals surface area contributed by atoms with E-state index in [1.165, 1.54) is 12.8 Å². The highest BCUT2D eigenvalue weighted by Crippen LogP contribution is 2.47. The summed E-state index contributed by atoms with van der Waals surface area (Å²) in [7, 11) is 1.91. The molecule has 23 heavy (non-hydrogen) atoms. The van der Waals surface area contributed by atoms with Gasteiger partial charge in [-0.2, -0.15) is 0 Å². The monoisotopic (exact) mass is 319 g/mol. The molecule has 128 valence electrons. The maximum atomic E-state index is 12.6. The first-order valence-electron chi connectivity index (χ1n) is 8.81. The first-order valence-corrected chi connectivity index (χ1v) is 8.81. The number of hydrogen-bond donors (Lipinski definition) is 1. The number of aromatic nitrogens is 2. The second-order valence-electron chi connectivity index (χ2n) is 8.00. The maximum Gasteiger partial charge on any atom is 0.223 e. The Hall–Kier alpha value is -1.36. The lowest BCUT2D eigenvalue weighted by Crippen LogP contribution is -2.41. The number of imidazole rings is 1. The highest BCUT2D eigenvalue weighted by atomic mass is 16.3. The Morgan fingerprint density at radius 3 is 2.52 bits per heavy atom. The van der Waals surface area contributed by atoms with Crippen molar-refractivity contribution < 1.29 is 9.90 Å². The van der Waals surface area contributed by atoms with E-state index in [2.05, 4.69) is 18.8 Å². The van der Waals surface area contributed by atoms with Gasteiger partial charge in [0.2, 0.25) is 5.91 Å². The van der Waals surface area contributed by atoms with Gasteiger partial charge in [-0.05, 0) is 42.9 Å². The first-order chi connectivity index (χ1) is 10.9. The molecular weight excluding hydrogens is 290 g/mol. The molecule has 1 unspecified atom stereocenters. The van der Waals surface area contributed by atoms with Crippen molar-refractivity contribution in [2.75, 3.05) is 13.1 Å². The van der Waals surface area contributed by atoms with Gasteiger partial charge in [0.1, 0.15) is 11.9 Å². The van der Waals surface area contributed by atoms with Crippen LogP contribution in [-0.4, -0.2) is 38.6 Å². The van der Waals surface area contributed by atoms with E-state index in [0.717, 1.165) is 37.7 Å². The van der Waals surface area contributed by atoms with Crippen LogP contribution in [0.25, 0.3) is 0 Å². The summed E-state index contributed by atoms with van der Waals surface area (Å²) in [5, 5.41) is 10.5. The number of amides is 1. The fraction of sp³-hybridized carbons (Fsp3) is 0.778. The van der Waals surface area contributed by atoms with Crippen molar-refractivity contribution in [1.82, 2.24) is 14.5 Å². The van der Waals surface area contributed by atoms with Crippen LogP contribution >= 0.6 is 0 Å². The van der Waals surface area contributed by atoms with Crippen LogP contribution in [0.4, 0.5) is 0 Å². The van der Waals surface area contributed by atoms with E-state index in [-0.39, 0.29) is 17.2 Å². The molecular formula is C18H29N3O2. The van der Waals surface area contributed by atoms with Crippen molar-refractivity contribution in [1.29, 1.82) is 0 Å². The molecule has 3 rings (SSSR count). The number of carbonyl (C=O) groups is 1. The minimum Gasteiger partial charge on any atom is -0.385 e. The van der Waals surface area contributed by atoms with Crippen molar-refractivity contribution in [2.45, 2.75) is 52.1 Å². The molecule has 1 aliphatic carbocycles. The van der Waals surface area contributed by atoms with E-state index in [1.54, 1.807) is 6.20 Å². The number of aliphatic hydroxyl groups is 1. The van der Waals surface area contributed by atoms with Gasteiger partial charge in [0.15, 0.2) is 0 Å². The predicted octanol–water partition coefficient (Wildman–Crippen LogP) is 2.52. The molecule has 1 saturated heterocycles. The topological polar surface area (TPSA) is 58.4 Å². The maximum absolute atomic E-state index is 12.6. The molecule has 0 radical (unpaired) electrons. The van der Waals surface area contributed by atoms with Gasteiger partial charge >= 0.3 is 0 Å². The number of nitrogens with zero attached hydrogens (tertiary/aromatic N) is 3. The van der Waals surface area contributed by atoms with Gasteiger partial charge < -0.3 is 14.6 Å². The molecule has 1 aromatic rings. The smallest absolute Gasteiger partial charge is 0.223 e. The molecule has 2 heterocycles. The van der Waals surface area contributed by atoms with Gasteiger partial charge in [-0.15, -0.1) is 0 Å². The summed E-state index contributed by atoms with van der Waals surface area (Å²) in [6, 6.07) is 0. The summed E-state index contributed by atoms with van der Waals surface area (Å²) in [5.41, 5.74) is 0.139. The van der Waals surface area contributed by atoms with Gasteiger partial charge in [-0.3, -0.25) is 4.79 Å². The molecule has 0 spiro atoms. The van der Waals surface area contributed by atoms with E-state index in [0.29, 0.717) is 6.42 Å².